The van der Waals surface area contributed by atoms with Crippen molar-refractivity contribution in [3.8, 4) is 29.2 Å². The van der Waals surface area contributed by atoms with Crippen molar-refractivity contribution in [3.63, 3.8) is 0 Å². The molecule has 1 unspecified atom stereocenters. The molecule has 5 nitrogen and oxygen atoms in total. The van der Waals surface area contributed by atoms with Gasteiger partial charge in [-0.15, -0.1) is 0 Å². The molecule has 0 radical (unpaired) electrons. The van der Waals surface area contributed by atoms with E-state index in [2.05, 4.69) is 190 Å². The van der Waals surface area contributed by atoms with E-state index in [4.69, 9.17) is 0 Å². The monoisotopic (exact) mass is 715 g/mol. The zero-order valence-electron chi connectivity index (χ0n) is 30.6. The maximum atomic E-state index is 10.6. The highest BCUT2D eigenvalue weighted by Crippen LogP contribution is 2.48. The number of nitriles is 2. The number of allylic oxidation sites excluding steroid dienone is 4. The first-order chi connectivity index (χ1) is 27.6. The van der Waals surface area contributed by atoms with Crippen molar-refractivity contribution in [1.82, 2.24) is 13.7 Å². The quantitative estimate of drug-likeness (QED) is 0.182. The lowest BCUT2D eigenvalue weighted by atomic mass is 9.73. The Morgan fingerprint density at radius 3 is 1.66 bits per heavy atom. The zero-order chi connectivity index (χ0) is 37.5. The third-order valence-corrected chi connectivity index (χ3v) is 11.8. The van der Waals surface area contributed by atoms with Gasteiger partial charge in [-0.1, -0.05) is 103 Å². The maximum Gasteiger partial charge on any atom is 0.0964 e. The molecule has 262 valence electrons. The van der Waals surface area contributed by atoms with Gasteiger partial charge < -0.3 is 13.7 Å². The van der Waals surface area contributed by atoms with Crippen LogP contribution in [0.15, 0.2) is 175 Å². The Kier molecular flexibility index (Phi) is 6.81. The number of rotatable bonds is 4. The standard InChI is InChI=1S/C51H33N5/c1-51(32-53)30-33(24-25-34(51)31-52)42-28-37(55-44-21-11-8-18-38(44)39-19-9-12-22-45(39)55)29-43-40-26-27-47-48(50(40)56(49(42)43)36-16-6-3-7-17-36)41-20-10-13-23-46(41)54(47)35-14-4-2-5-15-35/h2-29H,30H2,1H3. The van der Waals surface area contributed by atoms with E-state index in [1.165, 1.54) is 21.5 Å². The van der Waals surface area contributed by atoms with Crippen LogP contribution in [0.25, 0.3) is 88.1 Å². The minimum atomic E-state index is -0.964. The molecule has 5 heteroatoms. The molecule has 56 heavy (non-hydrogen) atoms. The minimum Gasteiger partial charge on any atom is -0.309 e. The zero-order valence-corrected chi connectivity index (χ0v) is 30.6. The van der Waals surface area contributed by atoms with Crippen LogP contribution in [0, 0.1) is 28.1 Å². The third kappa shape index (κ3) is 4.40. The predicted molar refractivity (Wildman–Crippen MR) is 229 cm³/mol. The highest BCUT2D eigenvalue weighted by Gasteiger charge is 2.34. The lowest BCUT2D eigenvalue weighted by molar-refractivity contribution is 0.558. The number of hydrogen-bond acceptors (Lipinski definition) is 2. The topological polar surface area (TPSA) is 62.4 Å². The van der Waals surface area contributed by atoms with Crippen molar-refractivity contribution in [2.45, 2.75) is 13.3 Å². The highest BCUT2D eigenvalue weighted by atomic mass is 15.0. The van der Waals surface area contributed by atoms with Crippen LogP contribution in [0.1, 0.15) is 18.9 Å². The molecule has 3 aromatic heterocycles. The summed E-state index contributed by atoms with van der Waals surface area (Å²) in [7, 11) is 0. The van der Waals surface area contributed by atoms with Crippen molar-refractivity contribution < 1.29 is 0 Å². The van der Waals surface area contributed by atoms with Gasteiger partial charge in [0.2, 0.25) is 0 Å². The Hall–Kier alpha value is -7.60. The molecule has 0 bridgehead atoms. The Bertz CT molecular complexity index is 3360. The molecule has 1 aliphatic rings. The molecule has 11 rings (SSSR count). The van der Waals surface area contributed by atoms with Crippen LogP contribution in [0.3, 0.4) is 0 Å². The maximum absolute atomic E-state index is 10.6. The van der Waals surface area contributed by atoms with Crippen LogP contribution in [-0.2, 0) is 0 Å². The van der Waals surface area contributed by atoms with Crippen LogP contribution in [0.4, 0.5) is 0 Å². The summed E-state index contributed by atoms with van der Waals surface area (Å²) in [5.74, 6) is 0. The second-order valence-electron chi connectivity index (χ2n) is 15.0. The number of fused-ring (bicyclic) bond motifs is 10. The summed E-state index contributed by atoms with van der Waals surface area (Å²) in [4.78, 5) is 0. The van der Waals surface area contributed by atoms with Crippen LogP contribution >= 0.6 is 0 Å². The third-order valence-electron chi connectivity index (χ3n) is 11.8. The summed E-state index contributed by atoms with van der Waals surface area (Å²) >= 11 is 0. The Labute approximate surface area is 323 Å². The van der Waals surface area contributed by atoms with Crippen molar-refractivity contribution in [2.75, 3.05) is 0 Å². The van der Waals surface area contributed by atoms with Gasteiger partial charge in [0.05, 0.1) is 50.7 Å². The summed E-state index contributed by atoms with van der Waals surface area (Å²) in [5, 5.41) is 27.7. The fourth-order valence-electron chi connectivity index (χ4n) is 9.28. The summed E-state index contributed by atoms with van der Waals surface area (Å²) in [6.45, 7) is 1.89. The van der Waals surface area contributed by atoms with Gasteiger partial charge in [-0.05, 0) is 85.7 Å². The molecular weight excluding hydrogens is 683 g/mol. The number of para-hydroxylation sites is 5. The average molecular weight is 716 g/mol. The fraction of sp³-hybridized carbons (Fsp3) is 0.0588. The summed E-state index contributed by atoms with van der Waals surface area (Å²) in [6.07, 6.45) is 4.32. The molecule has 3 heterocycles. The second kappa shape index (κ2) is 12.0. The normalized spacial score (nSPS) is 15.8. The Morgan fingerprint density at radius 1 is 0.482 bits per heavy atom. The minimum absolute atomic E-state index is 0.410. The van der Waals surface area contributed by atoms with E-state index in [1.807, 2.05) is 13.0 Å². The first kappa shape index (κ1) is 31.9. The largest absolute Gasteiger partial charge is 0.309 e. The van der Waals surface area contributed by atoms with E-state index in [1.54, 1.807) is 0 Å². The van der Waals surface area contributed by atoms with Crippen LogP contribution in [0.2, 0.25) is 0 Å². The van der Waals surface area contributed by atoms with Gasteiger partial charge in [-0.2, -0.15) is 10.5 Å². The molecule has 10 aromatic rings. The average Bonchev–Trinajstić information content (AvgIpc) is 3.90. The Balaban J connectivity index is 1.36. The summed E-state index contributed by atoms with van der Waals surface area (Å²) < 4.78 is 7.19. The molecule has 1 atom stereocenters. The van der Waals surface area contributed by atoms with E-state index in [9.17, 15) is 10.5 Å². The van der Waals surface area contributed by atoms with Gasteiger partial charge in [0.25, 0.3) is 0 Å². The van der Waals surface area contributed by atoms with Gasteiger partial charge in [-0.25, -0.2) is 0 Å². The van der Waals surface area contributed by atoms with Gasteiger partial charge >= 0.3 is 0 Å². The molecule has 0 fully saturated rings. The van der Waals surface area contributed by atoms with Gasteiger partial charge in [0.1, 0.15) is 0 Å². The van der Waals surface area contributed by atoms with Gasteiger partial charge in [0, 0.05) is 60.5 Å². The molecular formula is C51H33N5. The fourth-order valence-corrected chi connectivity index (χ4v) is 9.28. The van der Waals surface area contributed by atoms with E-state index < -0.39 is 5.41 Å². The summed E-state index contributed by atoms with van der Waals surface area (Å²) in [5.41, 5.74) is 11.5. The smallest absolute Gasteiger partial charge is 0.0964 e. The number of hydrogen-bond donors (Lipinski definition) is 0. The lowest BCUT2D eigenvalue weighted by Gasteiger charge is -2.27. The number of nitrogens with zero attached hydrogens (tertiary/aromatic N) is 5. The van der Waals surface area contributed by atoms with E-state index in [0.29, 0.717) is 12.0 Å². The first-order valence-electron chi connectivity index (χ1n) is 18.9. The number of aromatic nitrogens is 3. The predicted octanol–water partition coefficient (Wildman–Crippen LogP) is 12.7. The highest BCUT2D eigenvalue weighted by molar-refractivity contribution is 6.27. The number of benzene rings is 7. The van der Waals surface area contributed by atoms with Crippen LogP contribution in [0.5, 0.6) is 0 Å². The molecule has 0 amide bonds. The molecule has 0 aliphatic heterocycles. The van der Waals surface area contributed by atoms with Crippen molar-refractivity contribution in [2.24, 2.45) is 5.41 Å². The van der Waals surface area contributed by atoms with Crippen molar-refractivity contribution in [1.29, 1.82) is 10.5 Å². The molecule has 0 spiro atoms. The van der Waals surface area contributed by atoms with Crippen molar-refractivity contribution >= 4 is 71.0 Å². The SMILES string of the molecule is CC1(C#N)CC(c2cc(-n3c4ccccc4c4ccccc43)cc3c4ccc5c(c6ccccc6n5-c5ccccc5)c4n(-c4ccccc4)c23)=CC=C1C#N. The summed E-state index contributed by atoms with van der Waals surface area (Å²) in [6, 6.07) is 61.2. The van der Waals surface area contributed by atoms with Crippen LogP contribution < -0.4 is 0 Å². The molecule has 0 saturated heterocycles. The van der Waals surface area contributed by atoms with Crippen LogP contribution in [-0.4, -0.2) is 13.7 Å². The van der Waals surface area contributed by atoms with E-state index in [-0.39, 0.29) is 0 Å². The molecule has 7 aromatic carbocycles. The molecule has 0 saturated carbocycles. The Morgan fingerprint density at radius 2 is 1.04 bits per heavy atom. The van der Waals surface area contributed by atoms with Gasteiger partial charge in [-0.3, -0.25) is 0 Å². The molecule has 1 aliphatic carbocycles. The van der Waals surface area contributed by atoms with E-state index >= 15 is 0 Å². The molecule has 0 N–H and O–H groups in total. The van der Waals surface area contributed by atoms with Crippen molar-refractivity contribution in [3.05, 3.63) is 181 Å². The van der Waals surface area contributed by atoms with E-state index in [0.717, 1.165) is 72.1 Å². The second-order valence-corrected chi connectivity index (χ2v) is 15.0. The van der Waals surface area contributed by atoms with Gasteiger partial charge in [0.15, 0.2) is 0 Å². The lowest BCUT2D eigenvalue weighted by Crippen LogP contribution is -2.19. The first-order valence-corrected chi connectivity index (χ1v) is 18.9.